The lowest BCUT2D eigenvalue weighted by Gasteiger charge is -2.47. The standard InChI is InChI=1S/C25H31N3O/c1-27-24-17-25(16-21-7-8-22(29-2)15-23(21)24)10-13-28(14-11-25)12-9-19-3-5-20(18-26)6-4-19/h3-8,15,24,27H,9-14,16-17H2,1-2H3. The highest BCUT2D eigenvalue weighted by atomic mass is 16.5. The van der Waals surface area contributed by atoms with E-state index in [0.29, 0.717) is 11.5 Å². The zero-order valence-corrected chi connectivity index (χ0v) is 17.6. The Labute approximate surface area is 174 Å². The van der Waals surface area contributed by atoms with E-state index in [0.717, 1.165) is 24.3 Å². The second kappa shape index (κ2) is 8.57. The molecule has 0 bridgehead atoms. The van der Waals surface area contributed by atoms with Gasteiger partial charge in [-0.1, -0.05) is 18.2 Å². The summed E-state index contributed by atoms with van der Waals surface area (Å²) in [6.07, 6.45) is 6.00. The Kier molecular flexibility index (Phi) is 5.89. The van der Waals surface area contributed by atoms with Crippen LogP contribution < -0.4 is 10.1 Å². The Hall–Kier alpha value is -2.35. The molecular weight excluding hydrogens is 358 g/mol. The lowest BCUT2D eigenvalue weighted by molar-refractivity contribution is 0.0783. The summed E-state index contributed by atoms with van der Waals surface area (Å²) in [5.41, 5.74) is 5.38. The fraction of sp³-hybridized carbons (Fsp3) is 0.480. The number of methoxy groups -OCH3 is 1. The van der Waals surface area contributed by atoms with Crippen LogP contribution >= 0.6 is 0 Å². The number of nitriles is 1. The number of hydrogen-bond donors (Lipinski definition) is 1. The van der Waals surface area contributed by atoms with E-state index in [1.165, 1.54) is 55.5 Å². The molecule has 4 nitrogen and oxygen atoms in total. The van der Waals surface area contributed by atoms with E-state index in [9.17, 15) is 0 Å². The second-order valence-corrected chi connectivity index (χ2v) is 8.69. The molecular formula is C25H31N3O. The first kappa shape index (κ1) is 19.9. The molecule has 4 rings (SSSR count). The molecule has 1 N–H and O–H groups in total. The van der Waals surface area contributed by atoms with Gasteiger partial charge >= 0.3 is 0 Å². The summed E-state index contributed by atoms with van der Waals surface area (Å²) >= 11 is 0. The summed E-state index contributed by atoms with van der Waals surface area (Å²) in [6, 6.07) is 17.2. The summed E-state index contributed by atoms with van der Waals surface area (Å²) in [5.74, 6) is 0.956. The van der Waals surface area contributed by atoms with Gasteiger partial charge in [-0.15, -0.1) is 0 Å². The molecule has 0 saturated carbocycles. The molecule has 1 saturated heterocycles. The van der Waals surface area contributed by atoms with E-state index in [2.05, 4.69) is 53.7 Å². The van der Waals surface area contributed by atoms with Gasteiger partial charge in [0, 0.05) is 12.6 Å². The van der Waals surface area contributed by atoms with Crippen molar-refractivity contribution in [3.8, 4) is 11.8 Å². The molecule has 1 atom stereocenters. The first-order valence-corrected chi connectivity index (χ1v) is 10.7. The van der Waals surface area contributed by atoms with Gasteiger partial charge in [-0.05, 0) is 98.6 Å². The lowest BCUT2D eigenvalue weighted by Crippen LogP contribution is -2.45. The van der Waals surface area contributed by atoms with E-state index in [1.54, 1.807) is 7.11 Å². The van der Waals surface area contributed by atoms with Crippen LogP contribution in [-0.4, -0.2) is 38.7 Å². The first-order chi connectivity index (χ1) is 14.1. The Morgan fingerprint density at radius 2 is 1.93 bits per heavy atom. The van der Waals surface area contributed by atoms with Gasteiger partial charge in [0.1, 0.15) is 5.75 Å². The topological polar surface area (TPSA) is 48.3 Å². The molecule has 2 aliphatic rings. The summed E-state index contributed by atoms with van der Waals surface area (Å²) in [5, 5.41) is 12.5. The van der Waals surface area contributed by atoms with Crippen LogP contribution in [0.3, 0.4) is 0 Å². The number of ether oxygens (including phenoxy) is 1. The van der Waals surface area contributed by atoms with Gasteiger partial charge in [0.15, 0.2) is 0 Å². The second-order valence-electron chi connectivity index (χ2n) is 8.69. The van der Waals surface area contributed by atoms with Gasteiger partial charge in [0.2, 0.25) is 0 Å². The van der Waals surface area contributed by atoms with Crippen LogP contribution in [0, 0.1) is 16.7 Å². The van der Waals surface area contributed by atoms with E-state index < -0.39 is 0 Å². The molecule has 2 aromatic carbocycles. The maximum atomic E-state index is 8.94. The van der Waals surface area contributed by atoms with Crippen molar-refractivity contribution in [3.05, 3.63) is 64.7 Å². The van der Waals surface area contributed by atoms with Crippen molar-refractivity contribution in [2.75, 3.05) is 33.8 Å². The number of nitrogens with one attached hydrogen (secondary N) is 1. The van der Waals surface area contributed by atoms with Gasteiger partial charge < -0.3 is 15.0 Å². The molecule has 1 fully saturated rings. The molecule has 1 aliphatic carbocycles. The SMILES string of the molecule is CNC1CC2(CCN(CCc3ccc(C#N)cc3)CC2)Cc2ccc(OC)cc21. The smallest absolute Gasteiger partial charge is 0.119 e. The first-order valence-electron chi connectivity index (χ1n) is 10.7. The zero-order valence-electron chi connectivity index (χ0n) is 17.6. The molecule has 1 aliphatic heterocycles. The van der Waals surface area contributed by atoms with Crippen molar-refractivity contribution in [3.63, 3.8) is 0 Å². The number of hydrogen-bond acceptors (Lipinski definition) is 4. The van der Waals surface area contributed by atoms with Crippen molar-refractivity contribution in [1.29, 1.82) is 5.26 Å². The van der Waals surface area contributed by atoms with Crippen molar-refractivity contribution in [2.24, 2.45) is 5.41 Å². The van der Waals surface area contributed by atoms with Crippen molar-refractivity contribution < 1.29 is 4.74 Å². The highest BCUT2D eigenvalue weighted by Crippen LogP contribution is 2.48. The minimum Gasteiger partial charge on any atom is -0.497 e. The van der Waals surface area contributed by atoms with Crippen molar-refractivity contribution >= 4 is 0 Å². The molecule has 2 aromatic rings. The van der Waals surface area contributed by atoms with E-state index in [-0.39, 0.29) is 0 Å². The number of likely N-dealkylation sites (tertiary alicyclic amines) is 1. The van der Waals surface area contributed by atoms with Gasteiger partial charge in [0.25, 0.3) is 0 Å². The van der Waals surface area contributed by atoms with Crippen molar-refractivity contribution in [2.45, 2.75) is 38.1 Å². The summed E-state index contributed by atoms with van der Waals surface area (Å²) in [6.45, 7) is 3.46. The Bertz CT molecular complexity index is 876. The average Bonchev–Trinajstić information content (AvgIpc) is 2.78. The third kappa shape index (κ3) is 4.32. The van der Waals surface area contributed by atoms with E-state index in [1.807, 2.05) is 12.1 Å². The quantitative estimate of drug-likeness (QED) is 0.836. The normalized spacial score (nSPS) is 20.8. The molecule has 0 aromatic heterocycles. The highest BCUT2D eigenvalue weighted by molar-refractivity contribution is 5.40. The van der Waals surface area contributed by atoms with Crippen LogP contribution in [0.1, 0.15) is 47.6 Å². The number of piperidine rings is 1. The number of benzene rings is 2. The van der Waals surface area contributed by atoms with Crippen LogP contribution in [-0.2, 0) is 12.8 Å². The van der Waals surface area contributed by atoms with Gasteiger partial charge in [-0.25, -0.2) is 0 Å². The molecule has 1 heterocycles. The third-order valence-electron chi connectivity index (χ3n) is 7.00. The van der Waals surface area contributed by atoms with Gasteiger partial charge in [-0.2, -0.15) is 5.26 Å². The third-order valence-corrected chi connectivity index (χ3v) is 7.00. The molecule has 152 valence electrons. The fourth-order valence-electron chi connectivity index (χ4n) is 5.13. The Balaban J connectivity index is 1.37. The minimum atomic E-state index is 0.416. The maximum absolute atomic E-state index is 8.94. The molecule has 29 heavy (non-hydrogen) atoms. The van der Waals surface area contributed by atoms with Crippen LogP contribution in [0.2, 0.25) is 0 Å². The number of rotatable bonds is 5. The van der Waals surface area contributed by atoms with Gasteiger partial charge in [0.05, 0.1) is 18.7 Å². The molecule has 1 spiro atoms. The van der Waals surface area contributed by atoms with E-state index in [4.69, 9.17) is 10.00 Å². The molecule has 0 radical (unpaired) electrons. The largest absolute Gasteiger partial charge is 0.497 e. The highest BCUT2D eigenvalue weighted by Gasteiger charge is 2.40. The number of fused-ring (bicyclic) bond motifs is 1. The fourth-order valence-corrected chi connectivity index (χ4v) is 5.13. The Morgan fingerprint density at radius 1 is 1.17 bits per heavy atom. The van der Waals surface area contributed by atoms with Gasteiger partial charge in [-0.3, -0.25) is 0 Å². The lowest BCUT2D eigenvalue weighted by atomic mass is 9.64. The predicted molar refractivity (Wildman–Crippen MR) is 116 cm³/mol. The van der Waals surface area contributed by atoms with Crippen molar-refractivity contribution in [1.82, 2.24) is 10.2 Å². The Morgan fingerprint density at radius 3 is 2.59 bits per heavy atom. The number of nitrogens with zero attached hydrogens (tertiary/aromatic N) is 2. The maximum Gasteiger partial charge on any atom is 0.119 e. The van der Waals surface area contributed by atoms with Crippen LogP contribution in [0.25, 0.3) is 0 Å². The van der Waals surface area contributed by atoms with Crippen LogP contribution in [0.4, 0.5) is 0 Å². The van der Waals surface area contributed by atoms with E-state index >= 15 is 0 Å². The summed E-state index contributed by atoms with van der Waals surface area (Å²) in [4.78, 5) is 2.61. The molecule has 0 amide bonds. The van der Waals surface area contributed by atoms with Crippen LogP contribution in [0.5, 0.6) is 5.75 Å². The zero-order chi connectivity index (χ0) is 20.3. The predicted octanol–water partition coefficient (Wildman–Crippen LogP) is 4.10. The molecule has 4 heteroatoms. The monoisotopic (exact) mass is 389 g/mol. The summed E-state index contributed by atoms with van der Waals surface area (Å²) < 4.78 is 5.45. The summed E-state index contributed by atoms with van der Waals surface area (Å²) in [7, 11) is 3.83. The minimum absolute atomic E-state index is 0.416. The molecule has 1 unspecified atom stereocenters. The van der Waals surface area contributed by atoms with Crippen LogP contribution in [0.15, 0.2) is 42.5 Å². The average molecular weight is 390 g/mol.